The molecular formula is C10H16N2. The van der Waals surface area contributed by atoms with E-state index in [9.17, 15) is 0 Å². The van der Waals surface area contributed by atoms with Gasteiger partial charge in [0.2, 0.25) is 0 Å². The summed E-state index contributed by atoms with van der Waals surface area (Å²) >= 11 is 0. The smallest absolute Gasteiger partial charge is 0.0270 e. The van der Waals surface area contributed by atoms with Gasteiger partial charge in [0.1, 0.15) is 0 Å². The van der Waals surface area contributed by atoms with Crippen molar-refractivity contribution in [2.24, 2.45) is 5.73 Å². The van der Waals surface area contributed by atoms with Gasteiger partial charge in [-0.25, -0.2) is 0 Å². The van der Waals surface area contributed by atoms with Gasteiger partial charge in [0.25, 0.3) is 0 Å². The molecule has 0 radical (unpaired) electrons. The maximum absolute atomic E-state index is 5.44. The number of hydrogen-bond acceptors (Lipinski definition) is 2. The van der Waals surface area contributed by atoms with E-state index in [0.717, 1.165) is 13.0 Å². The Morgan fingerprint density at radius 1 is 1.42 bits per heavy atom. The molecule has 1 aromatic heterocycles. The lowest BCUT2D eigenvalue weighted by molar-refractivity contribution is 0.640. The Balaban J connectivity index is 2.48. The molecule has 0 fully saturated rings. The minimum Gasteiger partial charge on any atom is -0.330 e. The quantitative estimate of drug-likeness (QED) is 0.738. The molecule has 1 atom stereocenters. The van der Waals surface area contributed by atoms with Crippen molar-refractivity contribution in [3.05, 3.63) is 30.1 Å². The van der Waals surface area contributed by atoms with Crippen LogP contribution in [-0.2, 0) is 0 Å². The zero-order chi connectivity index (χ0) is 8.81. The number of pyridine rings is 1. The maximum Gasteiger partial charge on any atom is 0.0270 e. The average molecular weight is 164 g/mol. The SMILES string of the molecule is CC(CCCN)c1ccncc1. The molecule has 1 aromatic rings. The van der Waals surface area contributed by atoms with Crippen LogP contribution in [0.2, 0.25) is 0 Å². The molecule has 2 nitrogen and oxygen atoms in total. The van der Waals surface area contributed by atoms with Crippen molar-refractivity contribution in [2.45, 2.75) is 25.7 Å². The molecule has 0 bridgehead atoms. The third-order valence-corrected chi connectivity index (χ3v) is 2.12. The largest absolute Gasteiger partial charge is 0.330 e. The standard InChI is InChI=1S/C10H16N2/c1-9(3-2-6-11)10-4-7-12-8-5-10/h4-5,7-9H,2-3,6,11H2,1H3. The molecule has 0 saturated carbocycles. The minimum atomic E-state index is 0.608. The van der Waals surface area contributed by atoms with E-state index in [-0.39, 0.29) is 0 Å². The summed E-state index contributed by atoms with van der Waals surface area (Å²) in [4.78, 5) is 3.98. The van der Waals surface area contributed by atoms with Crippen molar-refractivity contribution in [1.29, 1.82) is 0 Å². The van der Waals surface area contributed by atoms with Crippen LogP contribution in [0.4, 0.5) is 0 Å². The molecule has 0 amide bonds. The summed E-state index contributed by atoms with van der Waals surface area (Å²) in [7, 11) is 0. The van der Waals surface area contributed by atoms with E-state index in [0.29, 0.717) is 5.92 Å². The summed E-state index contributed by atoms with van der Waals surface area (Å²) in [6, 6.07) is 4.14. The number of nitrogens with zero attached hydrogens (tertiary/aromatic N) is 1. The first-order valence-corrected chi connectivity index (χ1v) is 4.44. The van der Waals surface area contributed by atoms with Gasteiger partial charge in [-0.15, -0.1) is 0 Å². The summed E-state index contributed by atoms with van der Waals surface area (Å²) in [5.74, 6) is 0.608. The summed E-state index contributed by atoms with van der Waals surface area (Å²) in [6.45, 7) is 3.01. The fraction of sp³-hybridized carbons (Fsp3) is 0.500. The number of rotatable bonds is 4. The average Bonchev–Trinajstić information content (AvgIpc) is 2.15. The van der Waals surface area contributed by atoms with Gasteiger partial charge >= 0.3 is 0 Å². The van der Waals surface area contributed by atoms with Crippen molar-refractivity contribution >= 4 is 0 Å². The monoisotopic (exact) mass is 164 g/mol. The van der Waals surface area contributed by atoms with E-state index in [4.69, 9.17) is 5.73 Å². The highest BCUT2D eigenvalue weighted by Gasteiger charge is 2.02. The second-order valence-corrected chi connectivity index (χ2v) is 3.11. The van der Waals surface area contributed by atoms with Crippen LogP contribution in [0.25, 0.3) is 0 Å². The van der Waals surface area contributed by atoms with Crippen molar-refractivity contribution in [3.8, 4) is 0 Å². The highest BCUT2D eigenvalue weighted by Crippen LogP contribution is 2.18. The Morgan fingerprint density at radius 2 is 2.08 bits per heavy atom. The van der Waals surface area contributed by atoms with Crippen LogP contribution in [0.1, 0.15) is 31.2 Å². The van der Waals surface area contributed by atoms with Crippen LogP contribution in [0.5, 0.6) is 0 Å². The van der Waals surface area contributed by atoms with Gasteiger partial charge in [-0.3, -0.25) is 4.98 Å². The Bertz CT molecular complexity index is 208. The van der Waals surface area contributed by atoms with Crippen LogP contribution in [-0.4, -0.2) is 11.5 Å². The zero-order valence-corrected chi connectivity index (χ0v) is 7.53. The van der Waals surface area contributed by atoms with Crippen molar-refractivity contribution < 1.29 is 0 Å². The second kappa shape index (κ2) is 4.88. The van der Waals surface area contributed by atoms with Crippen LogP contribution < -0.4 is 5.73 Å². The van der Waals surface area contributed by atoms with Gasteiger partial charge in [-0.2, -0.15) is 0 Å². The Hall–Kier alpha value is -0.890. The van der Waals surface area contributed by atoms with E-state index in [2.05, 4.69) is 24.0 Å². The zero-order valence-electron chi connectivity index (χ0n) is 7.53. The number of aromatic nitrogens is 1. The number of hydrogen-bond donors (Lipinski definition) is 1. The molecule has 0 saturated heterocycles. The Labute approximate surface area is 73.8 Å². The van der Waals surface area contributed by atoms with Crippen molar-refractivity contribution in [1.82, 2.24) is 4.98 Å². The van der Waals surface area contributed by atoms with Crippen LogP contribution in [0, 0.1) is 0 Å². The van der Waals surface area contributed by atoms with Crippen LogP contribution >= 0.6 is 0 Å². The van der Waals surface area contributed by atoms with Crippen molar-refractivity contribution in [3.63, 3.8) is 0 Å². The van der Waals surface area contributed by atoms with Gasteiger partial charge in [-0.1, -0.05) is 6.92 Å². The molecule has 12 heavy (non-hydrogen) atoms. The molecule has 1 unspecified atom stereocenters. The molecule has 2 N–H and O–H groups in total. The molecule has 0 spiro atoms. The van der Waals surface area contributed by atoms with E-state index in [1.54, 1.807) is 0 Å². The Morgan fingerprint density at radius 3 is 2.67 bits per heavy atom. The minimum absolute atomic E-state index is 0.608. The maximum atomic E-state index is 5.44. The third kappa shape index (κ3) is 2.62. The molecule has 1 heterocycles. The summed E-state index contributed by atoms with van der Waals surface area (Å²) in [6.07, 6.45) is 5.95. The molecule has 1 rings (SSSR count). The van der Waals surface area contributed by atoms with Gasteiger partial charge in [-0.05, 0) is 43.0 Å². The van der Waals surface area contributed by atoms with Crippen LogP contribution in [0.15, 0.2) is 24.5 Å². The fourth-order valence-electron chi connectivity index (χ4n) is 1.28. The molecule has 0 aliphatic carbocycles. The summed E-state index contributed by atoms with van der Waals surface area (Å²) < 4.78 is 0. The van der Waals surface area contributed by atoms with E-state index >= 15 is 0 Å². The molecule has 0 aliphatic rings. The summed E-state index contributed by atoms with van der Waals surface area (Å²) in [5.41, 5.74) is 6.80. The Kier molecular flexibility index (Phi) is 3.74. The normalized spacial score (nSPS) is 12.8. The number of nitrogens with two attached hydrogens (primary N) is 1. The predicted octanol–water partition coefficient (Wildman–Crippen LogP) is 1.92. The topological polar surface area (TPSA) is 38.9 Å². The molecule has 0 aliphatic heterocycles. The van der Waals surface area contributed by atoms with E-state index in [1.807, 2.05) is 12.4 Å². The van der Waals surface area contributed by atoms with Gasteiger partial charge in [0, 0.05) is 12.4 Å². The predicted molar refractivity (Wildman–Crippen MR) is 50.9 cm³/mol. The molecule has 66 valence electrons. The third-order valence-electron chi connectivity index (χ3n) is 2.12. The molecule has 2 heteroatoms. The van der Waals surface area contributed by atoms with Crippen molar-refractivity contribution in [2.75, 3.05) is 6.54 Å². The lowest BCUT2D eigenvalue weighted by Crippen LogP contribution is -2.01. The first kappa shape index (κ1) is 9.20. The lowest BCUT2D eigenvalue weighted by atomic mass is 9.97. The lowest BCUT2D eigenvalue weighted by Gasteiger charge is -2.09. The second-order valence-electron chi connectivity index (χ2n) is 3.11. The summed E-state index contributed by atoms with van der Waals surface area (Å²) in [5, 5.41) is 0. The highest BCUT2D eigenvalue weighted by atomic mass is 14.6. The first-order valence-electron chi connectivity index (χ1n) is 4.44. The van der Waals surface area contributed by atoms with E-state index < -0.39 is 0 Å². The van der Waals surface area contributed by atoms with Crippen LogP contribution in [0.3, 0.4) is 0 Å². The highest BCUT2D eigenvalue weighted by molar-refractivity contribution is 5.14. The fourth-order valence-corrected chi connectivity index (χ4v) is 1.28. The van der Waals surface area contributed by atoms with Gasteiger partial charge < -0.3 is 5.73 Å². The molecular weight excluding hydrogens is 148 g/mol. The first-order chi connectivity index (χ1) is 5.84. The molecule has 0 aromatic carbocycles. The van der Waals surface area contributed by atoms with E-state index in [1.165, 1.54) is 12.0 Å². The van der Waals surface area contributed by atoms with Gasteiger partial charge in [0.15, 0.2) is 0 Å². The van der Waals surface area contributed by atoms with Gasteiger partial charge in [0.05, 0.1) is 0 Å².